The number of carbonyl (C=O) groups is 1. The molecule has 0 amide bonds. The molecule has 0 spiro atoms. The van der Waals surface area contributed by atoms with Gasteiger partial charge in [0.2, 0.25) is 0 Å². The Kier molecular flexibility index (Phi) is 7.26. The molecule has 0 aromatic heterocycles. The Morgan fingerprint density at radius 2 is 1.78 bits per heavy atom. The second kappa shape index (κ2) is 10.9. The molecule has 1 saturated heterocycles. The lowest BCUT2D eigenvalue weighted by molar-refractivity contribution is 0.0696. The number of benzene rings is 4. The minimum atomic E-state index is -0.950. The van der Waals surface area contributed by atoms with Crippen LogP contribution in [-0.2, 0) is 17.9 Å². The highest BCUT2D eigenvalue weighted by molar-refractivity contribution is 6.31. The van der Waals surface area contributed by atoms with Crippen LogP contribution in [-0.4, -0.2) is 37.4 Å². The van der Waals surface area contributed by atoms with Crippen molar-refractivity contribution in [2.45, 2.75) is 13.2 Å². The molecule has 36 heavy (non-hydrogen) atoms. The second-order valence-electron chi connectivity index (χ2n) is 8.63. The number of carboxylic acid groups (broad SMARTS) is 1. The van der Waals surface area contributed by atoms with Gasteiger partial charge in [-0.05, 0) is 41.1 Å². The monoisotopic (exact) mass is 502 g/mol. The van der Waals surface area contributed by atoms with Gasteiger partial charge < -0.3 is 24.8 Å². The maximum Gasteiger partial charge on any atom is 0.337 e. The number of aromatic carboxylic acids is 1. The fourth-order valence-electron chi connectivity index (χ4n) is 4.49. The molecule has 1 fully saturated rings. The first-order chi connectivity index (χ1) is 17.6. The van der Waals surface area contributed by atoms with Gasteiger partial charge in [0.25, 0.3) is 0 Å². The van der Waals surface area contributed by atoms with E-state index in [4.69, 9.17) is 21.1 Å². The molecule has 0 radical (unpaired) electrons. The quantitative estimate of drug-likeness (QED) is 0.298. The van der Waals surface area contributed by atoms with Crippen LogP contribution < -0.4 is 15.0 Å². The molecular formula is C29H27ClN2O4. The average Bonchev–Trinajstić information content (AvgIpc) is 2.92. The van der Waals surface area contributed by atoms with Crippen LogP contribution in [0.5, 0.6) is 5.75 Å². The van der Waals surface area contributed by atoms with Crippen LogP contribution in [0.4, 0.5) is 11.4 Å². The van der Waals surface area contributed by atoms with Crippen molar-refractivity contribution in [1.82, 2.24) is 0 Å². The van der Waals surface area contributed by atoms with Gasteiger partial charge >= 0.3 is 5.97 Å². The maximum absolute atomic E-state index is 12.1. The number of hydrogen-bond acceptors (Lipinski definition) is 5. The van der Waals surface area contributed by atoms with E-state index in [0.717, 1.165) is 33.3 Å². The minimum absolute atomic E-state index is 0.273. The van der Waals surface area contributed by atoms with Crippen LogP contribution in [0, 0.1) is 0 Å². The number of carboxylic acids is 1. The third-order valence-corrected chi connectivity index (χ3v) is 6.76. The molecule has 1 heterocycles. The number of ether oxygens (including phenoxy) is 2. The fourth-order valence-corrected chi connectivity index (χ4v) is 4.68. The minimum Gasteiger partial charge on any atom is -0.488 e. The highest BCUT2D eigenvalue weighted by Crippen LogP contribution is 2.31. The fraction of sp³-hybridized carbons (Fsp3) is 0.207. The van der Waals surface area contributed by atoms with Gasteiger partial charge in [0, 0.05) is 41.5 Å². The van der Waals surface area contributed by atoms with E-state index in [0.29, 0.717) is 50.2 Å². The number of morpholine rings is 1. The van der Waals surface area contributed by atoms with Gasteiger partial charge in [0.05, 0.1) is 24.5 Å². The van der Waals surface area contributed by atoms with Crippen LogP contribution in [0.15, 0.2) is 78.9 Å². The van der Waals surface area contributed by atoms with Crippen molar-refractivity contribution in [3.8, 4) is 5.75 Å². The SMILES string of the molecule is O=C(O)c1cc(NCc2c(OCc3ccccc3Cl)ccc3ccccc23)ccc1N1CCOCC1. The molecule has 6 nitrogen and oxygen atoms in total. The van der Waals surface area contributed by atoms with E-state index < -0.39 is 5.97 Å². The Hall–Kier alpha value is -3.74. The van der Waals surface area contributed by atoms with E-state index in [2.05, 4.69) is 22.3 Å². The molecule has 0 aliphatic carbocycles. The smallest absolute Gasteiger partial charge is 0.337 e. The van der Waals surface area contributed by atoms with E-state index >= 15 is 0 Å². The summed E-state index contributed by atoms with van der Waals surface area (Å²) in [6.07, 6.45) is 0. The molecular weight excluding hydrogens is 476 g/mol. The van der Waals surface area contributed by atoms with Crippen molar-refractivity contribution in [2.24, 2.45) is 0 Å². The van der Waals surface area contributed by atoms with Crippen LogP contribution in [0.25, 0.3) is 10.8 Å². The second-order valence-corrected chi connectivity index (χ2v) is 9.04. The van der Waals surface area contributed by atoms with Gasteiger partial charge in [-0.2, -0.15) is 0 Å². The molecule has 184 valence electrons. The summed E-state index contributed by atoms with van der Waals surface area (Å²) in [6, 6.07) is 25.3. The summed E-state index contributed by atoms with van der Waals surface area (Å²) in [4.78, 5) is 14.1. The first kappa shape index (κ1) is 24.0. The number of fused-ring (bicyclic) bond motifs is 1. The molecule has 0 atom stereocenters. The van der Waals surface area contributed by atoms with E-state index in [1.54, 1.807) is 6.07 Å². The highest BCUT2D eigenvalue weighted by Gasteiger charge is 2.19. The topological polar surface area (TPSA) is 71.0 Å². The Bertz CT molecular complexity index is 1390. The number of hydrogen-bond donors (Lipinski definition) is 2. The maximum atomic E-state index is 12.1. The third kappa shape index (κ3) is 5.25. The number of anilines is 2. The van der Waals surface area contributed by atoms with Crippen LogP contribution >= 0.6 is 11.6 Å². The van der Waals surface area contributed by atoms with Crippen LogP contribution in [0.1, 0.15) is 21.5 Å². The lowest BCUT2D eigenvalue weighted by Gasteiger charge is -2.30. The Morgan fingerprint density at radius 3 is 2.58 bits per heavy atom. The molecule has 5 rings (SSSR count). The summed E-state index contributed by atoms with van der Waals surface area (Å²) in [7, 11) is 0. The van der Waals surface area contributed by atoms with E-state index in [1.807, 2.05) is 60.7 Å². The number of halogens is 1. The van der Waals surface area contributed by atoms with Gasteiger partial charge in [0.15, 0.2) is 0 Å². The average molecular weight is 503 g/mol. The molecule has 4 aromatic carbocycles. The van der Waals surface area contributed by atoms with Gasteiger partial charge in [-0.25, -0.2) is 4.79 Å². The van der Waals surface area contributed by atoms with Gasteiger partial charge in [-0.1, -0.05) is 60.1 Å². The summed E-state index contributed by atoms with van der Waals surface area (Å²) in [6.45, 7) is 3.36. The largest absolute Gasteiger partial charge is 0.488 e. The summed E-state index contributed by atoms with van der Waals surface area (Å²) in [5.74, 6) is -0.196. The first-order valence-corrected chi connectivity index (χ1v) is 12.3. The Morgan fingerprint density at radius 1 is 1.00 bits per heavy atom. The zero-order valence-corrected chi connectivity index (χ0v) is 20.5. The lowest BCUT2D eigenvalue weighted by atomic mass is 10.0. The van der Waals surface area contributed by atoms with Gasteiger partial charge in [-0.3, -0.25) is 0 Å². The molecule has 2 N–H and O–H groups in total. The van der Waals surface area contributed by atoms with Crippen molar-refractivity contribution in [3.63, 3.8) is 0 Å². The van der Waals surface area contributed by atoms with E-state index in [-0.39, 0.29) is 5.56 Å². The molecule has 0 unspecified atom stereocenters. The predicted octanol–water partition coefficient (Wildman–Crippen LogP) is 6.22. The predicted molar refractivity (Wildman–Crippen MR) is 143 cm³/mol. The number of rotatable bonds is 8. The molecule has 0 saturated carbocycles. The number of nitrogens with zero attached hydrogens (tertiary/aromatic N) is 1. The summed E-state index contributed by atoms with van der Waals surface area (Å²) in [5.41, 5.74) is 3.63. The van der Waals surface area contributed by atoms with E-state index in [9.17, 15) is 9.90 Å². The first-order valence-electron chi connectivity index (χ1n) is 11.9. The van der Waals surface area contributed by atoms with Crippen LogP contribution in [0.2, 0.25) is 5.02 Å². The summed E-state index contributed by atoms with van der Waals surface area (Å²) in [5, 5.41) is 16.1. The summed E-state index contributed by atoms with van der Waals surface area (Å²) >= 11 is 6.33. The highest BCUT2D eigenvalue weighted by atomic mass is 35.5. The molecule has 7 heteroatoms. The molecule has 0 bridgehead atoms. The van der Waals surface area contributed by atoms with Crippen molar-refractivity contribution < 1.29 is 19.4 Å². The van der Waals surface area contributed by atoms with Gasteiger partial charge in [-0.15, -0.1) is 0 Å². The van der Waals surface area contributed by atoms with Crippen molar-refractivity contribution >= 4 is 39.7 Å². The van der Waals surface area contributed by atoms with Crippen LogP contribution in [0.3, 0.4) is 0 Å². The number of nitrogens with one attached hydrogen (secondary N) is 1. The third-order valence-electron chi connectivity index (χ3n) is 6.39. The van der Waals surface area contributed by atoms with E-state index in [1.165, 1.54) is 0 Å². The lowest BCUT2D eigenvalue weighted by Crippen LogP contribution is -2.37. The van der Waals surface area contributed by atoms with Crippen molar-refractivity contribution in [1.29, 1.82) is 0 Å². The Labute approximate surface area is 215 Å². The van der Waals surface area contributed by atoms with Gasteiger partial charge in [0.1, 0.15) is 12.4 Å². The summed E-state index contributed by atoms with van der Waals surface area (Å²) < 4.78 is 11.6. The molecule has 1 aliphatic rings. The van der Waals surface area contributed by atoms with Crippen molar-refractivity contribution in [3.05, 3.63) is 101 Å². The molecule has 1 aliphatic heterocycles. The normalized spacial score (nSPS) is 13.5. The standard InChI is InChI=1S/C29H27ClN2O4/c30-26-8-4-2-6-21(26)19-36-28-12-9-20-5-1-3-7-23(20)25(28)18-31-22-10-11-27(24(17-22)29(33)34)32-13-15-35-16-14-32/h1-12,17,31H,13-16,18-19H2,(H,33,34). The van der Waals surface area contributed by atoms with Crippen molar-refractivity contribution in [2.75, 3.05) is 36.5 Å². The Balaban J connectivity index is 1.41. The zero-order valence-electron chi connectivity index (χ0n) is 19.7. The molecule has 4 aromatic rings. The zero-order chi connectivity index (χ0) is 24.9.